The standard InChI is InChI=1S/C28H34ClN3O5/c1-7-15-32(26(35)22(17-33)30-27(36)37-28(4,5)6)24(20-13-10-12-19(8-2)16-20)25(34)31-23-18(3)11-9-14-21(23)29/h7-14,16,22,24,33H,1-2,15,17H2,3-6H3,(H,30,36)(H,31,34). The van der Waals surface area contributed by atoms with E-state index in [0.717, 1.165) is 11.1 Å². The number of carbonyl (C=O) groups is 3. The predicted molar refractivity (Wildman–Crippen MR) is 146 cm³/mol. The number of benzene rings is 2. The largest absolute Gasteiger partial charge is 0.444 e. The molecule has 2 unspecified atom stereocenters. The van der Waals surface area contributed by atoms with Crippen molar-refractivity contribution in [1.29, 1.82) is 0 Å². The minimum atomic E-state index is -1.37. The lowest BCUT2D eigenvalue weighted by Gasteiger charge is -2.33. The molecule has 9 heteroatoms. The van der Waals surface area contributed by atoms with E-state index in [0.29, 0.717) is 16.3 Å². The van der Waals surface area contributed by atoms with Crippen LogP contribution in [0.1, 0.15) is 43.5 Å². The third kappa shape index (κ3) is 8.20. The van der Waals surface area contributed by atoms with Gasteiger partial charge in [-0.25, -0.2) is 4.79 Å². The topological polar surface area (TPSA) is 108 Å². The molecule has 0 radical (unpaired) electrons. The number of alkyl carbamates (subject to hydrolysis) is 1. The van der Waals surface area contributed by atoms with Crippen LogP contribution in [0.25, 0.3) is 6.08 Å². The van der Waals surface area contributed by atoms with Crippen LogP contribution in [-0.4, -0.2) is 52.7 Å². The smallest absolute Gasteiger partial charge is 0.408 e. The molecular formula is C28H34ClN3O5. The van der Waals surface area contributed by atoms with Gasteiger partial charge in [0.2, 0.25) is 5.91 Å². The number of hydrogen-bond donors (Lipinski definition) is 3. The maximum atomic E-state index is 13.8. The molecule has 0 heterocycles. The van der Waals surface area contributed by atoms with Crippen LogP contribution < -0.4 is 10.6 Å². The first-order chi connectivity index (χ1) is 17.4. The van der Waals surface area contributed by atoms with Crippen LogP contribution in [0.4, 0.5) is 10.5 Å². The summed E-state index contributed by atoms with van der Waals surface area (Å²) in [7, 11) is 0. The van der Waals surface area contributed by atoms with Crippen LogP contribution in [-0.2, 0) is 14.3 Å². The Morgan fingerprint density at radius 1 is 1.16 bits per heavy atom. The number of aliphatic hydroxyl groups is 1. The van der Waals surface area contributed by atoms with Crippen molar-refractivity contribution in [3.8, 4) is 0 Å². The summed E-state index contributed by atoms with van der Waals surface area (Å²) >= 11 is 6.34. The first-order valence-corrected chi connectivity index (χ1v) is 12.1. The van der Waals surface area contributed by atoms with Crippen LogP contribution >= 0.6 is 11.6 Å². The molecule has 0 saturated heterocycles. The van der Waals surface area contributed by atoms with Gasteiger partial charge in [-0.2, -0.15) is 0 Å². The summed E-state index contributed by atoms with van der Waals surface area (Å²) in [6.07, 6.45) is 2.20. The van der Waals surface area contributed by atoms with Gasteiger partial charge in [0, 0.05) is 6.54 Å². The summed E-state index contributed by atoms with van der Waals surface area (Å²) in [6, 6.07) is 9.68. The molecule has 2 aromatic carbocycles. The zero-order chi connectivity index (χ0) is 27.8. The van der Waals surface area contributed by atoms with Gasteiger partial charge in [-0.05, 0) is 56.5 Å². The van der Waals surface area contributed by atoms with Crippen LogP contribution in [0.15, 0.2) is 61.7 Å². The SMILES string of the molecule is C=CCN(C(=O)C(CO)NC(=O)OC(C)(C)C)C(C(=O)Nc1c(C)cccc1Cl)c1cccc(C=C)c1. The van der Waals surface area contributed by atoms with Gasteiger partial charge in [0.05, 0.1) is 17.3 Å². The molecule has 0 aliphatic heterocycles. The number of amides is 3. The summed E-state index contributed by atoms with van der Waals surface area (Å²) in [5.41, 5.74) is 1.56. The van der Waals surface area contributed by atoms with Gasteiger partial charge in [-0.1, -0.05) is 60.7 Å². The Balaban J connectivity index is 2.53. The molecule has 0 aliphatic carbocycles. The average molecular weight is 528 g/mol. The van der Waals surface area contributed by atoms with Gasteiger partial charge in [0.1, 0.15) is 17.7 Å². The number of anilines is 1. The molecule has 0 bridgehead atoms. The van der Waals surface area contributed by atoms with Gasteiger partial charge in [0.25, 0.3) is 5.91 Å². The van der Waals surface area contributed by atoms with E-state index < -0.39 is 42.2 Å². The fourth-order valence-corrected chi connectivity index (χ4v) is 3.88. The van der Waals surface area contributed by atoms with E-state index in [-0.39, 0.29) is 6.54 Å². The lowest BCUT2D eigenvalue weighted by atomic mass is 10.00. The summed E-state index contributed by atoms with van der Waals surface area (Å²) in [6.45, 7) is 13.6. The number of nitrogens with zero attached hydrogens (tertiary/aromatic N) is 1. The quantitative estimate of drug-likeness (QED) is 0.382. The van der Waals surface area contributed by atoms with Crippen LogP contribution in [0.3, 0.4) is 0 Å². The Bertz CT molecular complexity index is 1140. The number of carbonyl (C=O) groups excluding carboxylic acids is 3. The van der Waals surface area contributed by atoms with Crippen molar-refractivity contribution in [3.05, 3.63) is 83.4 Å². The predicted octanol–water partition coefficient (Wildman–Crippen LogP) is 4.87. The summed E-state index contributed by atoms with van der Waals surface area (Å²) in [5.74, 6) is -1.24. The van der Waals surface area contributed by atoms with Crippen molar-refractivity contribution in [3.63, 3.8) is 0 Å². The van der Waals surface area contributed by atoms with Gasteiger partial charge in [-0.3, -0.25) is 9.59 Å². The summed E-state index contributed by atoms with van der Waals surface area (Å²) in [5, 5.41) is 15.5. The summed E-state index contributed by atoms with van der Waals surface area (Å²) in [4.78, 5) is 41.0. The van der Waals surface area contributed by atoms with Crippen molar-refractivity contribution < 1.29 is 24.2 Å². The molecule has 2 aromatic rings. The number of para-hydroxylation sites is 1. The fourth-order valence-electron chi connectivity index (χ4n) is 3.61. The maximum absolute atomic E-state index is 13.8. The molecule has 0 saturated carbocycles. The second kappa shape index (κ2) is 13.1. The molecular weight excluding hydrogens is 494 g/mol. The van der Waals surface area contributed by atoms with Gasteiger partial charge in [0.15, 0.2) is 0 Å². The Kier molecular flexibility index (Phi) is 10.5. The van der Waals surface area contributed by atoms with Crippen molar-refractivity contribution in [2.75, 3.05) is 18.5 Å². The van der Waals surface area contributed by atoms with E-state index in [2.05, 4.69) is 23.8 Å². The van der Waals surface area contributed by atoms with Crippen LogP contribution in [0.5, 0.6) is 0 Å². The minimum Gasteiger partial charge on any atom is -0.444 e. The van der Waals surface area contributed by atoms with E-state index in [1.807, 2.05) is 6.07 Å². The molecule has 0 aliphatic rings. The molecule has 0 fully saturated rings. The number of halogens is 1. The number of aryl methyl sites for hydroxylation is 1. The van der Waals surface area contributed by atoms with Crippen molar-refractivity contribution in [2.24, 2.45) is 0 Å². The average Bonchev–Trinajstić information content (AvgIpc) is 2.83. The van der Waals surface area contributed by atoms with Crippen LogP contribution in [0.2, 0.25) is 5.02 Å². The monoisotopic (exact) mass is 527 g/mol. The second-order valence-corrected chi connectivity index (χ2v) is 9.77. The highest BCUT2D eigenvalue weighted by atomic mass is 35.5. The Morgan fingerprint density at radius 2 is 1.84 bits per heavy atom. The molecule has 2 rings (SSSR count). The minimum absolute atomic E-state index is 0.0523. The molecule has 2 atom stereocenters. The first-order valence-electron chi connectivity index (χ1n) is 11.7. The fraction of sp³-hybridized carbons (Fsp3) is 0.321. The highest BCUT2D eigenvalue weighted by molar-refractivity contribution is 6.34. The highest BCUT2D eigenvalue weighted by Crippen LogP contribution is 2.29. The van der Waals surface area contributed by atoms with Crippen molar-refractivity contribution >= 4 is 41.3 Å². The molecule has 0 spiro atoms. The normalized spacial score (nSPS) is 12.6. The lowest BCUT2D eigenvalue weighted by molar-refractivity contribution is -0.140. The molecule has 0 aromatic heterocycles. The number of aliphatic hydroxyl groups excluding tert-OH is 1. The Labute approximate surface area is 223 Å². The zero-order valence-electron chi connectivity index (χ0n) is 21.6. The third-order valence-electron chi connectivity index (χ3n) is 5.27. The maximum Gasteiger partial charge on any atom is 0.408 e. The van der Waals surface area contributed by atoms with Gasteiger partial charge < -0.3 is 25.4 Å². The number of rotatable bonds is 10. The Hall–Kier alpha value is -3.62. The van der Waals surface area contributed by atoms with Crippen molar-refractivity contribution in [2.45, 2.75) is 45.4 Å². The molecule has 37 heavy (non-hydrogen) atoms. The number of ether oxygens (including phenoxy) is 1. The van der Waals surface area contributed by atoms with Gasteiger partial charge in [-0.15, -0.1) is 6.58 Å². The molecule has 8 nitrogen and oxygen atoms in total. The number of nitrogens with one attached hydrogen (secondary N) is 2. The Morgan fingerprint density at radius 3 is 2.41 bits per heavy atom. The van der Waals surface area contributed by atoms with Gasteiger partial charge >= 0.3 is 6.09 Å². The molecule has 3 amide bonds. The first kappa shape index (κ1) is 29.6. The zero-order valence-corrected chi connectivity index (χ0v) is 22.3. The molecule has 198 valence electrons. The lowest BCUT2D eigenvalue weighted by Crippen LogP contribution is -2.53. The van der Waals surface area contributed by atoms with E-state index in [4.69, 9.17) is 16.3 Å². The van der Waals surface area contributed by atoms with Crippen molar-refractivity contribution in [1.82, 2.24) is 10.2 Å². The van der Waals surface area contributed by atoms with E-state index in [1.165, 1.54) is 11.0 Å². The second-order valence-electron chi connectivity index (χ2n) is 9.36. The summed E-state index contributed by atoms with van der Waals surface area (Å²) < 4.78 is 5.23. The van der Waals surface area contributed by atoms with Crippen LogP contribution in [0, 0.1) is 6.92 Å². The highest BCUT2D eigenvalue weighted by Gasteiger charge is 2.36. The van der Waals surface area contributed by atoms with E-state index in [9.17, 15) is 19.5 Å². The number of hydrogen-bond acceptors (Lipinski definition) is 5. The van der Waals surface area contributed by atoms with E-state index in [1.54, 1.807) is 70.2 Å². The van der Waals surface area contributed by atoms with E-state index >= 15 is 0 Å². The third-order valence-corrected chi connectivity index (χ3v) is 5.59. The molecule has 3 N–H and O–H groups in total.